The Morgan fingerprint density at radius 2 is 2.25 bits per heavy atom. The minimum absolute atomic E-state index is 0.553. The summed E-state index contributed by atoms with van der Waals surface area (Å²) in [7, 11) is -2.67. The molecule has 2 heterocycles. The Bertz CT molecular complexity index is 296. The first kappa shape index (κ1) is 8.76. The van der Waals surface area contributed by atoms with Crippen LogP contribution in [0, 0.1) is 0 Å². The minimum Gasteiger partial charge on any atom is -0.303 e. The molecule has 1 atom stereocenters. The highest BCUT2D eigenvalue weighted by Gasteiger charge is 2.48. The lowest BCUT2D eigenvalue weighted by Crippen LogP contribution is -2.19. The maximum absolute atomic E-state index is 11.9. The summed E-state index contributed by atoms with van der Waals surface area (Å²) in [6, 6.07) is 0. The van der Waals surface area contributed by atoms with Gasteiger partial charge in [0.1, 0.15) is 5.60 Å². The first-order valence-electron chi connectivity index (χ1n) is 3.89. The van der Waals surface area contributed by atoms with Crippen molar-refractivity contribution in [3.8, 4) is 0 Å². The summed E-state index contributed by atoms with van der Waals surface area (Å²) in [5.41, 5.74) is -0.570. The third-order valence-electron chi connectivity index (χ3n) is 2.03. The Hall–Kier alpha value is 0.180. The molecule has 2 aliphatic rings. The largest absolute Gasteiger partial charge is 0.303 e. The topological polar surface area (TPSA) is 29.3 Å². The summed E-state index contributed by atoms with van der Waals surface area (Å²) >= 11 is 5.90. The van der Waals surface area contributed by atoms with Gasteiger partial charge in [0.2, 0.25) is 0 Å². The molecule has 68 valence electrons. The Morgan fingerprint density at radius 1 is 1.67 bits per heavy atom. The first-order chi connectivity index (χ1) is 5.44. The summed E-state index contributed by atoms with van der Waals surface area (Å²) in [6.45, 7) is 5.37. The van der Waals surface area contributed by atoms with Gasteiger partial charge in [-0.3, -0.25) is 4.57 Å². The second-order valence-corrected chi connectivity index (χ2v) is 6.14. The molecule has 0 aromatic heterocycles. The summed E-state index contributed by atoms with van der Waals surface area (Å²) in [5.74, 6) is 1.57. The second-order valence-electron chi connectivity index (χ2n) is 3.60. The van der Waals surface area contributed by atoms with E-state index in [1.807, 2.05) is 18.5 Å². The third-order valence-corrected chi connectivity index (χ3v) is 5.24. The van der Waals surface area contributed by atoms with Crippen molar-refractivity contribution in [1.82, 2.24) is 4.67 Å². The highest BCUT2D eigenvalue weighted by atomic mass is 35.5. The molecule has 1 unspecified atom stereocenters. The van der Waals surface area contributed by atoms with Gasteiger partial charge in [-0.15, -0.1) is 0 Å². The van der Waals surface area contributed by atoms with Crippen LogP contribution in [0.4, 0.5) is 0 Å². The van der Waals surface area contributed by atoms with Gasteiger partial charge in [0, 0.05) is 18.9 Å². The van der Waals surface area contributed by atoms with Crippen molar-refractivity contribution in [3.05, 3.63) is 10.8 Å². The van der Waals surface area contributed by atoms with Crippen LogP contribution in [0.3, 0.4) is 0 Å². The fourth-order valence-corrected chi connectivity index (χ4v) is 3.95. The van der Waals surface area contributed by atoms with Crippen LogP contribution in [0.15, 0.2) is 10.8 Å². The zero-order valence-electron chi connectivity index (χ0n) is 7.08. The standard InChI is InChI=1S/C7H11ClNO2P/c1-7(2)6(8)5-12(10,11-7)9-3-4-9/h5H,3-4H2,1-2H3. The van der Waals surface area contributed by atoms with E-state index < -0.39 is 13.1 Å². The Kier molecular flexibility index (Phi) is 1.72. The van der Waals surface area contributed by atoms with Crippen molar-refractivity contribution in [2.24, 2.45) is 0 Å². The smallest absolute Gasteiger partial charge is 0.297 e. The van der Waals surface area contributed by atoms with Gasteiger partial charge in [0.15, 0.2) is 0 Å². The van der Waals surface area contributed by atoms with Gasteiger partial charge in [-0.1, -0.05) is 11.6 Å². The second kappa shape index (κ2) is 2.36. The van der Waals surface area contributed by atoms with Gasteiger partial charge < -0.3 is 4.52 Å². The number of hydrogen-bond donors (Lipinski definition) is 0. The van der Waals surface area contributed by atoms with Crippen LogP contribution in [-0.2, 0) is 9.09 Å². The molecule has 12 heavy (non-hydrogen) atoms. The highest BCUT2D eigenvalue weighted by Crippen LogP contribution is 2.65. The van der Waals surface area contributed by atoms with Crippen molar-refractivity contribution in [2.45, 2.75) is 19.4 Å². The first-order valence-corrected chi connectivity index (χ1v) is 5.91. The number of hydrogen-bond acceptors (Lipinski definition) is 2. The molecule has 0 spiro atoms. The zero-order valence-corrected chi connectivity index (χ0v) is 8.73. The van der Waals surface area contributed by atoms with Crippen LogP contribution >= 0.6 is 19.1 Å². The quantitative estimate of drug-likeness (QED) is 0.488. The number of halogens is 1. The van der Waals surface area contributed by atoms with E-state index in [2.05, 4.69) is 0 Å². The van der Waals surface area contributed by atoms with Crippen LogP contribution in [0.1, 0.15) is 13.8 Å². The van der Waals surface area contributed by atoms with Crippen LogP contribution in [0.2, 0.25) is 0 Å². The Morgan fingerprint density at radius 3 is 2.58 bits per heavy atom. The lowest BCUT2D eigenvalue weighted by Gasteiger charge is -2.20. The van der Waals surface area contributed by atoms with E-state index in [1.165, 1.54) is 0 Å². The van der Waals surface area contributed by atoms with E-state index in [4.69, 9.17) is 16.1 Å². The number of nitrogens with zero attached hydrogens (tertiary/aromatic N) is 1. The highest BCUT2D eigenvalue weighted by molar-refractivity contribution is 7.60. The van der Waals surface area contributed by atoms with Gasteiger partial charge >= 0.3 is 0 Å². The SMILES string of the molecule is CC1(C)OP(=O)(N2CC2)C=C1Cl. The monoisotopic (exact) mass is 207 g/mol. The molecule has 0 amide bonds. The fraction of sp³-hybridized carbons (Fsp3) is 0.714. The zero-order chi connectivity index (χ0) is 8.98. The molecule has 2 rings (SSSR count). The molecule has 0 saturated carbocycles. The maximum atomic E-state index is 11.9. The average molecular weight is 208 g/mol. The fourth-order valence-electron chi connectivity index (χ4n) is 1.16. The average Bonchev–Trinajstić information content (AvgIpc) is 2.61. The van der Waals surface area contributed by atoms with Crippen molar-refractivity contribution in [3.63, 3.8) is 0 Å². The van der Waals surface area contributed by atoms with E-state index in [9.17, 15) is 4.57 Å². The Balaban J connectivity index is 2.30. The predicted octanol–water partition coefficient (Wildman–Crippen LogP) is 2.38. The molecule has 0 aromatic rings. The summed E-state index contributed by atoms with van der Waals surface area (Å²) in [4.78, 5) is 0. The lowest BCUT2D eigenvalue weighted by atomic mass is 10.1. The van der Waals surface area contributed by atoms with Crippen molar-refractivity contribution in [2.75, 3.05) is 13.1 Å². The molecule has 5 heteroatoms. The van der Waals surface area contributed by atoms with E-state index in [-0.39, 0.29) is 0 Å². The Labute approximate surface area is 76.8 Å². The summed E-state index contributed by atoms with van der Waals surface area (Å²) < 4.78 is 19.2. The molecule has 0 aliphatic carbocycles. The van der Waals surface area contributed by atoms with E-state index in [0.29, 0.717) is 5.03 Å². The van der Waals surface area contributed by atoms with Crippen molar-refractivity contribution < 1.29 is 9.09 Å². The van der Waals surface area contributed by atoms with Crippen LogP contribution in [0.25, 0.3) is 0 Å². The van der Waals surface area contributed by atoms with Crippen molar-refractivity contribution >= 4 is 19.1 Å². The molecule has 0 radical (unpaired) electrons. The van der Waals surface area contributed by atoms with Crippen molar-refractivity contribution in [1.29, 1.82) is 0 Å². The molecule has 0 N–H and O–H groups in total. The maximum Gasteiger partial charge on any atom is 0.297 e. The predicted molar refractivity (Wildman–Crippen MR) is 48.3 cm³/mol. The van der Waals surface area contributed by atoms with Crippen LogP contribution < -0.4 is 0 Å². The van der Waals surface area contributed by atoms with Crippen LogP contribution in [0.5, 0.6) is 0 Å². The normalized spacial score (nSPS) is 39.8. The number of rotatable bonds is 1. The van der Waals surface area contributed by atoms with Gasteiger partial charge in [0.25, 0.3) is 7.52 Å². The van der Waals surface area contributed by atoms with Gasteiger partial charge in [0.05, 0.1) is 5.03 Å². The van der Waals surface area contributed by atoms with Gasteiger partial charge in [-0.2, -0.15) is 0 Å². The molecule has 3 nitrogen and oxygen atoms in total. The molecular weight excluding hydrogens is 197 g/mol. The van der Waals surface area contributed by atoms with E-state index >= 15 is 0 Å². The molecule has 2 aliphatic heterocycles. The minimum atomic E-state index is -2.67. The molecule has 1 saturated heterocycles. The van der Waals surface area contributed by atoms with E-state index in [0.717, 1.165) is 13.1 Å². The molecular formula is C7H11ClNO2P. The third kappa shape index (κ3) is 1.25. The molecule has 1 fully saturated rings. The summed E-state index contributed by atoms with van der Waals surface area (Å²) in [6.07, 6.45) is 0. The van der Waals surface area contributed by atoms with Gasteiger partial charge in [-0.05, 0) is 13.8 Å². The summed E-state index contributed by atoms with van der Waals surface area (Å²) in [5, 5.41) is 0.553. The molecule has 0 aromatic carbocycles. The van der Waals surface area contributed by atoms with Crippen LogP contribution in [-0.4, -0.2) is 23.4 Å². The van der Waals surface area contributed by atoms with Gasteiger partial charge in [-0.25, -0.2) is 4.67 Å². The molecule has 0 bridgehead atoms. The lowest BCUT2D eigenvalue weighted by molar-refractivity contribution is 0.166. The van der Waals surface area contributed by atoms with E-state index in [1.54, 1.807) is 5.82 Å².